The Bertz CT molecular complexity index is 510. The summed E-state index contributed by atoms with van der Waals surface area (Å²) in [6.07, 6.45) is 6.89. The number of rotatable bonds is 5. The second-order valence-corrected chi connectivity index (χ2v) is 6.96. The number of aromatic amines is 1. The number of nitrogens with two attached hydrogens (primary N) is 1. The summed E-state index contributed by atoms with van der Waals surface area (Å²) in [5.74, 6) is 0.455. The molecule has 0 bridgehead atoms. The summed E-state index contributed by atoms with van der Waals surface area (Å²) in [6, 6.07) is 1.67. The number of nitrogens with one attached hydrogen (secondary N) is 2. The number of hydrogen-bond donors (Lipinski definition) is 3. The number of H-pyrrole nitrogens is 1. The van der Waals surface area contributed by atoms with E-state index in [0.717, 1.165) is 31.4 Å². The molecule has 1 saturated carbocycles. The van der Waals surface area contributed by atoms with Gasteiger partial charge in [0.25, 0.3) is 0 Å². The average molecular weight is 285 g/mol. The molecule has 0 radical (unpaired) electrons. The molecule has 0 spiro atoms. The summed E-state index contributed by atoms with van der Waals surface area (Å²) in [6.45, 7) is 2.44. The molecule has 4 N–H and O–H groups in total. The Hall–Kier alpha value is -0.850. The van der Waals surface area contributed by atoms with E-state index in [1.54, 1.807) is 6.07 Å². The van der Waals surface area contributed by atoms with Crippen molar-refractivity contribution in [3.8, 4) is 0 Å². The van der Waals surface area contributed by atoms with Gasteiger partial charge in [0.05, 0.1) is 4.90 Å². The van der Waals surface area contributed by atoms with Gasteiger partial charge in [0, 0.05) is 24.5 Å². The molecule has 0 aliphatic heterocycles. The molecule has 1 aliphatic carbocycles. The van der Waals surface area contributed by atoms with Crippen LogP contribution in [-0.2, 0) is 16.6 Å². The summed E-state index contributed by atoms with van der Waals surface area (Å²) in [4.78, 5) is 3.17. The van der Waals surface area contributed by atoms with E-state index >= 15 is 0 Å². The molecule has 0 aromatic carbocycles. The van der Waals surface area contributed by atoms with Crippen LogP contribution in [0.3, 0.4) is 0 Å². The van der Waals surface area contributed by atoms with Crippen LogP contribution in [0.15, 0.2) is 17.2 Å². The van der Waals surface area contributed by atoms with Crippen LogP contribution in [0.4, 0.5) is 0 Å². The highest BCUT2D eigenvalue weighted by Crippen LogP contribution is 2.28. The van der Waals surface area contributed by atoms with Crippen LogP contribution in [0.2, 0.25) is 0 Å². The summed E-state index contributed by atoms with van der Waals surface area (Å²) >= 11 is 0. The van der Waals surface area contributed by atoms with E-state index in [9.17, 15) is 8.42 Å². The van der Waals surface area contributed by atoms with Gasteiger partial charge < -0.3 is 10.7 Å². The van der Waals surface area contributed by atoms with E-state index in [1.165, 1.54) is 12.6 Å². The zero-order chi connectivity index (χ0) is 13.9. The van der Waals surface area contributed by atoms with Crippen molar-refractivity contribution < 1.29 is 8.42 Å². The van der Waals surface area contributed by atoms with Gasteiger partial charge in [0.15, 0.2) is 0 Å². The Morgan fingerprint density at radius 3 is 2.79 bits per heavy atom. The Morgan fingerprint density at radius 1 is 1.42 bits per heavy atom. The van der Waals surface area contributed by atoms with Crippen molar-refractivity contribution in [2.75, 3.05) is 0 Å². The molecule has 5 nitrogen and oxygen atoms in total. The van der Waals surface area contributed by atoms with Gasteiger partial charge in [0.2, 0.25) is 10.0 Å². The average Bonchev–Trinajstić information content (AvgIpc) is 2.88. The van der Waals surface area contributed by atoms with Gasteiger partial charge >= 0.3 is 0 Å². The zero-order valence-electron chi connectivity index (χ0n) is 11.4. The predicted molar refractivity (Wildman–Crippen MR) is 75.0 cm³/mol. The molecule has 1 fully saturated rings. The van der Waals surface area contributed by atoms with Gasteiger partial charge in [-0.15, -0.1) is 0 Å². The van der Waals surface area contributed by atoms with Crippen molar-refractivity contribution in [3.05, 3.63) is 18.0 Å². The van der Waals surface area contributed by atoms with Crippen LogP contribution in [0, 0.1) is 5.92 Å². The molecule has 1 aromatic rings. The van der Waals surface area contributed by atoms with E-state index in [2.05, 4.69) is 16.6 Å². The summed E-state index contributed by atoms with van der Waals surface area (Å²) in [5.41, 5.74) is 6.22. The van der Waals surface area contributed by atoms with Gasteiger partial charge in [-0.3, -0.25) is 0 Å². The molecular formula is C13H23N3O2S. The monoisotopic (exact) mass is 285 g/mol. The summed E-state index contributed by atoms with van der Waals surface area (Å²) in [7, 11) is -3.43. The Balaban J connectivity index is 2.11. The van der Waals surface area contributed by atoms with Crippen molar-refractivity contribution in [2.24, 2.45) is 11.7 Å². The zero-order valence-corrected chi connectivity index (χ0v) is 12.2. The maximum Gasteiger partial charge on any atom is 0.242 e. The fourth-order valence-corrected chi connectivity index (χ4v) is 4.17. The second kappa shape index (κ2) is 6.07. The third-order valence-corrected chi connectivity index (χ3v) is 5.46. The van der Waals surface area contributed by atoms with Gasteiger partial charge in [-0.2, -0.15) is 0 Å². The quantitative estimate of drug-likeness (QED) is 0.769. The maximum absolute atomic E-state index is 12.3. The van der Waals surface area contributed by atoms with Crippen LogP contribution in [0.1, 0.15) is 44.7 Å². The van der Waals surface area contributed by atoms with Crippen molar-refractivity contribution in [2.45, 2.75) is 56.5 Å². The van der Waals surface area contributed by atoms with Gasteiger partial charge in [-0.1, -0.05) is 26.2 Å². The largest absolute Gasteiger partial charge is 0.363 e. The van der Waals surface area contributed by atoms with E-state index in [0.29, 0.717) is 12.5 Å². The highest BCUT2D eigenvalue weighted by molar-refractivity contribution is 7.89. The first kappa shape index (κ1) is 14.6. The van der Waals surface area contributed by atoms with Crippen molar-refractivity contribution >= 4 is 10.0 Å². The molecule has 1 aliphatic rings. The van der Waals surface area contributed by atoms with Gasteiger partial charge in [-0.05, 0) is 24.8 Å². The highest BCUT2D eigenvalue weighted by atomic mass is 32.2. The molecule has 6 heteroatoms. The number of sulfonamides is 1. The van der Waals surface area contributed by atoms with Crippen molar-refractivity contribution in [1.82, 2.24) is 9.71 Å². The second-order valence-electron chi connectivity index (χ2n) is 5.25. The number of aromatic nitrogens is 1. The third kappa shape index (κ3) is 3.38. The van der Waals surface area contributed by atoms with E-state index in [-0.39, 0.29) is 10.9 Å². The van der Waals surface area contributed by atoms with E-state index < -0.39 is 10.0 Å². The predicted octanol–water partition coefficient (Wildman–Crippen LogP) is 1.72. The van der Waals surface area contributed by atoms with Crippen molar-refractivity contribution in [1.29, 1.82) is 0 Å². The molecule has 19 heavy (non-hydrogen) atoms. The molecular weight excluding hydrogens is 262 g/mol. The molecule has 1 heterocycles. The molecule has 0 amide bonds. The maximum atomic E-state index is 12.3. The molecule has 0 saturated heterocycles. The smallest absolute Gasteiger partial charge is 0.242 e. The van der Waals surface area contributed by atoms with Crippen LogP contribution >= 0.6 is 0 Å². The minimum Gasteiger partial charge on any atom is -0.363 e. The lowest BCUT2D eigenvalue weighted by Gasteiger charge is -2.31. The fraction of sp³-hybridized carbons (Fsp3) is 0.692. The molecule has 2 unspecified atom stereocenters. The van der Waals surface area contributed by atoms with Crippen LogP contribution in [0.5, 0.6) is 0 Å². The standard InChI is InChI=1S/C13H23N3O2S/c1-2-10-5-3-4-6-13(10)16-19(17,18)12-7-11(8-14)15-9-12/h7,9-10,13,15-16H,2-6,8,14H2,1H3. The number of hydrogen-bond acceptors (Lipinski definition) is 3. The fourth-order valence-electron chi connectivity index (χ4n) is 2.81. The Kier molecular flexibility index (Phi) is 4.65. The minimum atomic E-state index is -3.43. The molecule has 2 rings (SSSR count). The minimum absolute atomic E-state index is 0.0694. The SMILES string of the molecule is CCC1CCCCC1NS(=O)(=O)c1c[nH]c(CN)c1. The van der Waals surface area contributed by atoms with E-state index in [1.807, 2.05) is 0 Å². The summed E-state index contributed by atoms with van der Waals surface area (Å²) < 4.78 is 27.5. The van der Waals surface area contributed by atoms with Crippen molar-refractivity contribution in [3.63, 3.8) is 0 Å². The summed E-state index contributed by atoms with van der Waals surface area (Å²) in [5, 5.41) is 0. The lowest BCUT2D eigenvalue weighted by molar-refractivity contribution is 0.282. The first-order valence-electron chi connectivity index (χ1n) is 6.96. The van der Waals surface area contributed by atoms with Crippen LogP contribution in [-0.4, -0.2) is 19.4 Å². The normalized spacial score (nSPS) is 24.5. The first-order chi connectivity index (χ1) is 9.06. The van der Waals surface area contributed by atoms with Gasteiger partial charge in [0.1, 0.15) is 0 Å². The van der Waals surface area contributed by atoms with E-state index in [4.69, 9.17) is 5.73 Å². The molecule has 108 valence electrons. The Morgan fingerprint density at radius 2 is 2.16 bits per heavy atom. The lowest BCUT2D eigenvalue weighted by atomic mass is 9.83. The molecule has 1 aromatic heterocycles. The molecule has 2 atom stereocenters. The lowest BCUT2D eigenvalue weighted by Crippen LogP contribution is -2.41. The topological polar surface area (TPSA) is 88.0 Å². The van der Waals surface area contributed by atoms with Crippen LogP contribution in [0.25, 0.3) is 0 Å². The third-order valence-electron chi connectivity index (χ3n) is 3.99. The van der Waals surface area contributed by atoms with Crippen LogP contribution < -0.4 is 10.5 Å². The highest BCUT2D eigenvalue weighted by Gasteiger charge is 2.28. The first-order valence-corrected chi connectivity index (χ1v) is 8.45. The van der Waals surface area contributed by atoms with Gasteiger partial charge in [-0.25, -0.2) is 13.1 Å². The Labute approximate surface area is 115 Å².